The first-order valence-corrected chi connectivity index (χ1v) is 7.02. The molecule has 0 saturated carbocycles. The van der Waals surface area contributed by atoms with Crippen LogP contribution in [-0.4, -0.2) is 29.0 Å². The van der Waals surface area contributed by atoms with Gasteiger partial charge in [-0.3, -0.25) is 0 Å². The molecular weight excluding hydrogens is 232 g/mol. The number of ether oxygens (including phenoxy) is 1. The molecule has 0 amide bonds. The molecule has 3 nitrogen and oxygen atoms in total. The summed E-state index contributed by atoms with van der Waals surface area (Å²) in [6.45, 7) is 5.04. The van der Waals surface area contributed by atoms with Crippen molar-refractivity contribution >= 4 is 11.8 Å². The normalized spacial score (nSPS) is 26.1. The van der Waals surface area contributed by atoms with Crippen molar-refractivity contribution in [3.63, 3.8) is 0 Å². The Bertz CT molecular complexity index is 370. The lowest BCUT2D eigenvalue weighted by molar-refractivity contribution is 0.127. The van der Waals surface area contributed by atoms with Crippen molar-refractivity contribution in [2.24, 2.45) is 5.73 Å². The fourth-order valence-electron chi connectivity index (χ4n) is 2.04. The van der Waals surface area contributed by atoms with E-state index in [0.29, 0.717) is 11.4 Å². The SMILES string of the molecule is CC(N)Cc1cccnc1SC1CCOC1C. The molecule has 0 bridgehead atoms. The van der Waals surface area contributed by atoms with E-state index < -0.39 is 0 Å². The second-order valence-electron chi connectivity index (χ2n) is 4.67. The van der Waals surface area contributed by atoms with E-state index in [2.05, 4.69) is 18.0 Å². The molecule has 2 rings (SSSR count). The maximum absolute atomic E-state index is 5.87. The topological polar surface area (TPSA) is 48.1 Å². The molecule has 2 N–H and O–H groups in total. The number of aromatic nitrogens is 1. The van der Waals surface area contributed by atoms with Gasteiger partial charge in [0.25, 0.3) is 0 Å². The number of nitrogens with two attached hydrogens (primary N) is 1. The Morgan fingerprint density at radius 1 is 1.65 bits per heavy atom. The summed E-state index contributed by atoms with van der Waals surface area (Å²) in [5.74, 6) is 0. The Hall–Kier alpha value is -0.580. The monoisotopic (exact) mass is 252 g/mol. The fourth-order valence-corrected chi connectivity index (χ4v) is 3.24. The first-order valence-electron chi connectivity index (χ1n) is 6.14. The highest BCUT2D eigenvalue weighted by atomic mass is 32.2. The number of nitrogens with zero attached hydrogens (tertiary/aromatic N) is 1. The van der Waals surface area contributed by atoms with E-state index in [1.165, 1.54) is 5.56 Å². The van der Waals surface area contributed by atoms with Crippen LogP contribution in [0.15, 0.2) is 23.4 Å². The molecular formula is C13H20N2OS. The summed E-state index contributed by atoms with van der Waals surface area (Å²) in [6.07, 6.45) is 4.18. The summed E-state index contributed by atoms with van der Waals surface area (Å²) in [5, 5.41) is 1.64. The quantitative estimate of drug-likeness (QED) is 0.893. The van der Waals surface area contributed by atoms with Gasteiger partial charge in [0, 0.05) is 24.1 Å². The minimum Gasteiger partial charge on any atom is -0.377 e. The Kier molecular flexibility index (Phi) is 4.42. The minimum absolute atomic E-state index is 0.177. The van der Waals surface area contributed by atoms with E-state index in [9.17, 15) is 0 Å². The van der Waals surface area contributed by atoms with Crippen molar-refractivity contribution in [3.05, 3.63) is 23.9 Å². The first-order chi connectivity index (χ1) is 8.16. The third kappa shape index (κ3) is 3.44. The molecule has 17 heavy (non-hydrogen) atoms. The molecule has 3 unspecified atom stereocenters. The van der Waals surface area contributed by atoms with Crippen LogP contribution in [0.25, 0.3) is 0 Å². The zero-order valence-electron chi connectivity index (χ0n) is 10.4. The molecule has 1 aliphatic heterocycles. The molecule has 1 aromatic heterocycles. The summed E-state index contributed by atoms with van der Waals surface area (Å²) in [6, 6.07) is 4.28. The number of rotatable bonds is 4. The summed E-state index contributed by atoms with van der Waals surface area (Å²) >= 11 is 1.84. The van der Waals surface area contributed by atoms with Crippen LogP contribution in [-0.2, 0) is 11.2 Å². The molecule has 0 radical (unpaired) electrons. The van der Waals surface area contributed by atoms with E-state index in [0.717, 1.165) is 24.5 Å². The van der Waals surface area contributed by atoms with Crippen LogP contribution in [0.3, 0.4) is 0 Å². The second kappa shape index (κ2) is 5.85. The lowest BCUT2D eigenvalue weighted by Crippen LogP contribution is -2.19. The maximum Gasteiger partial charge on any atom is 0.0996 e. The van der Waals surface area contributed by atoms with Crippen LogP contribution < -0.4 is 5.73 Å². The van der Waals surface area contributed by atoms with E-state index in [4.69, 9.17) is 10.5 Å². The molecule has 1 fully saturated rings. The van der Waals surface area contributed by atoms with Gasteiger partial charge in [0.15, 0.2) is 0 Å². The molecule has 0 spiro atoms. The number of hydrogen-bond acceptors (Lipinski definition) is 4. The lowest BCUT2D eigenvalue weighted by Gasteiger charge is -2.16. The van der Waals surface area contributed by atoms with E-state index in [1.807, 2.05) is 30.9 Å². The van der Waals surface area contributed by atoms with Crippen LogP contribution in [0.2, 0.25) is 0 Å². The van der Waals surface area contributed by atoms with Crippen molar-refractivity contribution in [1.82, 2.24) is 4.98 Å². The van der Waals surface area contributed by atoms with Crippen molar-refractivity contribution in [3.8, 4) is 0 Å². The highest BCUT2D eigenvalue weighted by Gasteiger charge is 2.26. The molecule has 1 saturated heterocycles. The van der Waals surface area contributed by atoms with Crippen LogP contribution in [0.4, 0.5) is 0 Å². The number of hydrogen-bond donors (Lipinski definition) is 1. The van der Waals surface area contributed by atoms with Crippen molar-refractivity contribution in [2.45, 2.75) is 49.1 Å². The average molecular weight is 252 g/mol. The molecule has 1 aliphatic rings. The Labute approximate surface area is 107 Å². The molecule has 2 heterocycles. The van der Waals surface area contributed by atoms with Gasteiger partial charge in [-0.25, -0.2) is 4.98 Å². The fraction of sp³-hybridized carbons (Fsp3) is 0.615. The van der Waals surface area contributed by atoms with E-state index in [1.54, 1.807) is 0 Å². The first kappa shape index (κ1) is 12.9. The van der Waals surface area contributed by atoms with Crippen LogP contribution >= 0.6 is 11.8 Å². The third-order valence-electron chi connectivity index (χ3n) is 2.96. The standard InChI is InChI=1S/C13H20N2OS/c1-9(14)8-11-4-3-6-15-13(11)17-12-5-7-16-10(12)2/h3-4,6,9-10,12H,5,7-8,14H2,1-2H3. The molecule has 0 aromatic carbocycles. The zero-order valence-corrected chi connectivity index (χ0v) is 11.2. The third-order valence-corrected chi connectivity index (χ3v) is 4.47. The average Bonchev–Trinajstić information content (AvgIpc) is 2.67. The van der Waals surface area contributed by atoms with Gasteiger partial charge >= 0.3 is 0 Å². The summed E-state index contributed by atoms with van der Waals surface area (Å²) in [5.41, 5.74) is 7.12. The Balaban J connectivity index is 2.09. The summed E-state index contributed by atoms with van der Waals surface area (Å²) in [4.78, 5) is 4.48. The smallest absolute Gasteiger partial charge is 0.0996 e. The van der Waals surface area contributed by atoms with Gasteiger partial charge in [-0.15, -0.1) is 0 Å². The summed E-state index contributed by atoms with van der Waals surface area (Å²) < 4.78 is 5.59. The van der Waals surface area contributed by atoms with Gasteiger partial charge < -0.3 is 10.5 Å². The van der Waals surface area contributed by atoms with Crippen LogP contribution in [0.1, 0.15) is 25.8 Å². The Morgan fingerprint density at radius 2 is 2.47 bits per heavy atom. The van der Waals surface area contributed by atoms with Crippen LogP contribution in [0.5, 0.6) is 0 Å². The van der Waals surface area contributed by atoms with E-state index >= 15 is 0 Å². The molecule has 3 atom stereocenters. The van der Waals surface area contributed by atoms with Gasteiger partial charge in [-0.1, -0.05) is 17.8 Å². The minimum atomic E-state index is 0.177. The largest absolute Gasteiger partial charge is 0.377 e. The maximum atomic E-state index is 5.87. The molecule has 0 aliphatic carbocycles. The molecule has 4 heteroatoms. The predicted octanol–water partition coefficient (Wildman–Crippen LogP) is 2.24. The van der Waals surface area contributed by atoms with Gasteiger partial charge in [0.2, 0.25) is 0 Å². The van der Waals surface area contributed by atoms with Gasteiger partial charge in [-0.05, 0) is 38.3 Å². The number of thioether (sulfide) groups is 1. The second-order valence-corrected chi connectivity index (χ2v) is 5.90. The van der Waals surface area contributed by atoms with Gasteiger partial charge in [0.1, 0.15) is 0 Å². The van der Waals surface area contributed by atoms with Gasteiger partial charge in [0.05, 0.1) is 11.1 Å². The van der Waals surface area contributed by atoms with Crippen molar-refractivity contribution in [1.29, 1.82) is 0 Å². The van der Waals surface area contributed by atoms with Gasteiger partial charge in [-0.2, -0.15) is 0 Å². The Morgan fingerprint density at radius 3 is 3.12 bits per heavy atom. The molecule has 94 valence electrons. The van der Waals surface area contributed by atoms with Crippen molar-refractivity contribution in [2.75, 3.05) is 6.61 Å². The highest BCUT2D eigenvalue weighted by Crippen LogP contribution is 2.33. The molecule has 1 aromatic rings. The van der Waals surface area contributed by atoms with E-state index in [-0.39, 0.29) is 6.04 Å². The van der Waals surface area contributed by atoms with Crippen molar-refractivity contribution < 1.29 is 4.74 Å². The van der Waals surface area contributed by atoms with Crippen LogP contribution in [0, 0.1) is 0 Å². The predicted molar refractivity (Wildman–Crippen MR) is 71.3 cm³/mol. The lowest BCUT2D eigenvalue weighted by atomic mass is 10.1. The highest BCUT2D eigenvalue weighted by molar-refractivity contribution is 8.00. The summed E-state index contributed by atoms with van der Waals surface area (Å²) in [7, 11) is 0. The zero-order chi connectivity index (χ0) is 12.3. The number of pyridine rings is 1.